The first-order valence-electron chi connectivity index (χ1n) is 12.9. The third kappa shape index (κ3) is 4.81. The third-order valence-electron chi connectivity index (χ3n) is 7.54. The Morgan fingerprint density at radius 3 is 2.29 bits per heavy atom. The molecule has 3 heterocycles. The van der Waals surface area contributed by atoms with Crippen LogP contribution in [0.4, 0.5) is 10.6 Å². The van der Waals surface area contributed by atoms with Crippen LogP contribution in [0.15, 0.2) is 6.07 Å². The molecule has 0 atom stereocenters. The first kappa shape index (κ1) is 25.3. The Labute approximate surface area is 204 Å². The van der Waals surface area contributed by atoms with Crippen LogP contribution < -0.4 is 4.90 Å². The highest BCUT2D eigenvalue weighted by atomic mass is 16.7. The fourth-order valence-electron chi connectivity index (χ4n) is 6.23. The van der Waals surface area contributed by atoms with Gasteiger partial charge in [0.15, 0.2) is 11.6 Å². The van der Waals surface area contributed by atoms with Crippen molar-refractivity contribution in [3.05, 3.63) is 11.8 Å². The maximum atomic E-state index is 12.3. The Morgan fingerprint density at radius 1 is 1.15 bits per heavy atom. The lowest BCUT2D eigenvalue weighted by Crippen LogP contribution is -2.64. The Balaban J connectivity index is 1.38. The van der Waals surface area contributed by atoms with Crippen molar-refractivity contribution >= 4 is 11.9 Å². The van der Waals surface area contributed by atoms with E-state index in [0.29, 0.717) is 19.3 Å². The number of anilines is 1. The molecule has 1 aromatic rings. The summed E-state index contributed by atoms with van der Waals surface area (Å²) in [7, 11) is 0. The van der Waals surface area contributed by atoms with Gasteiger partial charge in [0.2, 0.25) is 0 Å². The van der Waals surface area contributed by atoms with Gasteiger partial charge in [-0.3, -0.25) is 4.68 Å². The largest absolute Gasteiger partial charge is 0.444 e. The molecule has 2 saturated heterocycles. The van der Waals surface area contributed by atoms with E-state index in [2.05, 4.69) is 36.4 Å². The van der Waals surface area contributed by atoms with Gasteiger partial charge in [0, 0.05) is 68.4 Å². The van der Waals surface area contributed by atoms with Gasteiger partial charge < -0.3 is 24.0 Å². The average molecular weight is 477 g/mol. The first-order valence-corrected chi connectivity index (χ1v) is 12.9. The summed E-state index contributed by atoms with van der Waals surface area (Å²) < 4.78 is 19.9. The standard InChI is InChI=1S/C26H44N4O4/c1-9-32-26(33-10-2)11-12-29(24(7,8)16-26)21-13-19(3)30(27-21)20-14-25(15-20)17-28(18-25)22(31)34-23(4,5)6/h13,20H,9-12,14-18H2,1-8H3. The summed E-state index contributed by atoms with van der Waals surface area (Å²) in [5.74, 6) is 0.528. The van der Waals surface area contributed by atoms with E-state index in [9.17, 15) is 4.79 Å². The smallest absolute Gasteiger partial charge is 0.410 e. The number of amides is 1. The number of hydrogen-bond donors (Lipinski definition) is 0. The molecule has 192 valence electrons. The maximum absolute atomic E-state index is 12.3. The number of hydrogen-bond acceptors (Lipinski definition) is 6. The number of ether oxygens (including phenoxy) is 3. The monoisotopic (exact) mass is 476 g/mol. The highest BCUT2D eigenvalue weighted by molar-refractivity contribution is 5.69. The van der Waals surface area contributed by atoms with Gasteiger partial charge in [-0.1, -0.05) is 0 Å². The number of carbonyl (C=O) groups is 1. The fraction of sp³-hybridized carbons (Fsp3) is 0.846. The number of nitrogens with zero attached hydrogens (tertiary/aromatic N) is 4. The summed E-state index contributed by atoms with van der Waals surface area (Å²) in [6.45, 7) is 20.2. The van der Waals surface area contributed by atoms with E-state index < -0.39 is 11.4 Å². The molecule has 2 aliphatic heterocycles. The van der Waals surface area contributed by atoms with Crippen molar-refractivity contribution in [2.24, 2.45) is 5.41 Å². The van der Waals surface area contributed by atoms with E-state index in [4.69, 9.17) is 19.3 Å². The van der Waals surface area contributed by atoms with E-state index in [-0.39, 0.29) is 17.0 Å². The Bertz CT molecular complexity index is 883. The number of aryl methyl sites for hydroxylation is 1. The van der Waals surface area contributed by atoms with Gasteiger partial charge in [-0.05, 0) is 68.2 Å². The third-order valence-corrected chi connectivity index (χ3v) is 7.54. The predicted octanol–water partition coefficient (Wildman–Crippen LogP) is 4.91. The van der Waals surface area contributed by atoms with Crippen LogP contribution in [-0.2, 0) is 14.2 Å². The lowest BCUT2D eigenvalue weighted by atomic mass is 9.61. The maximum Gasteiger partial charge on any atom is 0.410 e. The van der Waals surface area contributed by atoms with Crippen LogP contribution in [0.1, 0.15) is 85.9 Å². The minimum atomic E-state index is -0.508. The molecule has 8 heteroatoms. The molecule has 0 radical (unpaired) electrons. The van der Waals surface area contributed by atoms with Crippen molar-refractivity contribution in [3.8, 4) is 0 Å². The fourth-order valence-corrected chi connectivity index (χ4v) is 6.23. The van der Waals surface area contributed by atoms with Crippen LogP contribution in [0.5, 0.6) is 0 Å². The molecule has 1 spiro atoms. The van der Waals surface area contributed by atoms with Gasteiger partial charge in [0.25, 0.3) is 0 Å². The van der Waals surface area contributed by atoms with Crippen LogP contribution in [0, 0.1) is 12.3 Å². The van der Waals surface area contributed by atoms with E-state index >= 15 is 0 Å². The van der Waals surface area contributed by atoms with Crippen LogP contribution in [0.25, 0.3) is 0 Å². The van der Waals surface area contributed by atoms with Crippen LogP contribution in [0.3, 0.4) is 0 Å². The van der Waals surface area contributed by atoms with Crippen molar-refractivity contribution in [2.75, 3.05) is 37.7 Å². The zero-order valence-corrected chi connectivity index (χ0v) is 22.4. The molecule has 8 nitrogen and oxygen atoms in total. The van der Waals surface area contributed by atoms with Gasteiger partial charge in [0.1, 0.15) is 5.60 Å². The summed E-state index contributed by atoms with van der Waals surface area (Å²) in [6, 6.07) is 2.61. The van der Waals surface area contributed by atoms with Crippen molar-refractivity contribution < 1.29 is 19.0 Å². The molecule has 0 aromatic carbocycles. The molecule has 34 heavy (non-hydrogen) atoms. The van der Waals surface area contributed by atoms with Crippen molar-refractivity contribution in [2.45, 2.75) is 104 Å². The molecule has 3 fully saturated rings. The minimum absolute atomic E-state index is 0.128. The SMILES string of the molecule is CCOC1(OCC)CCN(c2cc(C)n(C3CC4(C3)CN(C(=O)OC(C)(C)C)C4)n2)C(C)(C)C1. The summed E-state index contributed by atoms with van der Waals surface area (Å²) in [5.41, 5.74) is 0.855. The summed E-state index contributed by atoms with van der Waals surface area (Å²) in [4.78, 5) is 16.6. The predicted molar refractivity (Wildman–Crippen MR) is 132 cm³/mol. The quantitative estimate of drug-likeness (QED) is 0.543. The molecular weight excluding hydrogens is 432 g/mol. The summed E-state index contributed by atoms with van der Waals surface area (Å²) >= 11 is 0. The molecule has 1 aliphatic carbocycles. The molecule has 4 rings (SSSR count). The Hall–Kier alpha value is -1.80. The average Bonchev–Trinajstić information content (AvgIpc) is 2.98. The van der Waals surface area contributed by atoms with E-state index in [0.717, 1.165) is 51.1 Å². The van der Waals surface area contributed by atoms with E-state index in [1.54, 1.807) is 0 Å². The van der Waals surface area contributed by atoms with Gasteiger partial charge in [-0.15, -0.1) is 0 Å². The molecule has 0 unspecified atom stereocenters. The zero-order chi connectivity index (χ0) is 24.9. The molecule has 1 saturated carbocycles. The number of rotatable bonds is 6. The second kappa shape index (κ2) is 8.70. The second-order valence-corrected chi connectivity index (χ2v) is 12.2. The van der Waals surface area contributed by atoms with Gasteiger partial charge in [-0.2, -0.15) is 5.10 Å². The summed E-state index contributed by atoms with van der Waals surface area (Å²) in [5, 5.41) is 5.07. The highest BCUT2D eigenvalue weighted by Crippen LogP contribution is 2.54. The molecule has 0 N–H and O–H groups in total. The molecular formula is C26H44N4O4. The lowest BCUT2D eigenvalue weighted by molar-refractivity contribution is -0.252. The molecule has 1 amide bonds. The highest BCUT2D eigenvalue weighted by Gasteiger charge is 2.55. The van der Waals surface area contributed by atoms with Gasteiger partial charge in [0.05, 0.1) is 6.04 Å². The summed E-state index contributed by atoms with van der Waals surface area (Å²) in [6.07, 6.45) is 3.57. The van der Waals surface area contributed by atoms with Gasteiger partial charge >= 0.3 is 6.09 Å². The van der Waals surface area contributed by atoms with Crippen LogP contribution in [-0.4, -0.2) is 70.5 Å². The topological polar surface area (TPSA) is 69.1 Å². The van der Waals surface area contributed by atoms with Crippen molar-refractivity contribution in [1.29, 1.82) is 0 Å². The molecule has 0 bridgehead atoms. The van der Waals surface area contributed by atoms with Crippen molar-refractivity contribution in [1.82, 2.24) is 14.7 Å². The first-order chi connectivity index (χ1) is 15.8. The number of aromatic nitrogens is 2. The second-order valence-electron chi connectivity index (χ2n) is 12.2. The minimum Gasteiger partial charge on any atom is -0.444 e. The van der Waals surface area contributed by atoms with E-state index in [1.807, 2.05) is 39.5 Å². The van der Waals surface area contributed by atoms with Crippen LogP contribution in [0.2, 0.25) is 0 Å². The normalized spacial score (nSPS) is 23.5. The van der Waals surface area contributed by atoms with Crippen LogP contribution >= 0.6 is 0 Å². The molecule has 1 aromatic heterocycles. The number of carbonyl (C=O) groups excluding carboxylic acids is 1. The van der Waals surface area contributed by atoms with Crippen molar-refractivity contribution in [3.63, 3.8) is 0 Å². The number of likely N-dealkylation sites (tertiary alicyclic amines) is 1. The zero-order valence-electron chi connectivity index (χ0n) is 22.4. The Kier molecular flexibility index (Phi) is 6.47. The number of piperidine rings is 1. The molecule has 3 aliphatic rings. The Morgan fingerprint density at radius 2 is 1.76 bits per heavy atom. The van der Waals surface area contributed by atoms with Gasteiger partial charge in [-0.25, -0.2) is 4.79 Å². The lowest BCUT2D eigenvalue weighted by Gasteiger charge is -2.58. The van der Waals surface area contributed by atoms with E-state index in [1.165, 1.54) is 5.69 Å².